The van der Waals surface area contributed by atoms with E-state index in [0.29, 0.717) is 19.6 Å². The lowest BCUT2D eigenvalue weighted by molar-refractivity contribution is -0.133. The van der Waals surface area contributed by atoms with Crippen molar-refractivity contribution in [2.24, 2.45) is 0 Å². The van der Waals surface area contributed by atoms with Crippen molar-refractivity contribution in [1.29, 1.82) is 0 Å². The van der Waals surface area contributed by atoms with Crippen LogP contribution in [-0.2, 0) is 16.0 Å². The van der Waals surface area contributed by atoms with Crippen LogP contribution in [0.4, 0.5) is 0 Å². The maximum Gasteiger partial charge on any atom is 0.236 e. The van der Waals surface area contributed by atoms with Gasteiger partial charge in [-0.05, 0) is 37.0 Å². The van der Waals surface area contributed by atoms with Gasteiger partial charge in [0.25, 0.3) is 0 Å². The van der Waals surface area contributed by atoms with E-state index in [9.17, 15) is 9.59 Å². The van der Waals surface area contributed by atoms with E-state index in [1.165, 1.54) is 12.8 Å². The summed E-state index contributed by atoms with van der Waals surface area (Å²) in [6.45, 7) is 6.71. The molecule has 29 heavy (non-hydrogen) atoms. The lowest BCUT2D eigenvalue weighted by Crippen LogP contribution is -2.52. The predicted molar refractivity (Wildman–Crippen MR) is 116 cm³/mol. The monoisotopic (exact) mass is 420 g/mol. The molecular formula is C22H33ClN4O2. The first kappa shape index (κ1) is 22.1. The molecule has 0 radical (unpaired) electrons. The molecule has 2 heterocycles. The Morgan fingerprint density at radius 1 is 0.897 bits per heavy atom. The number of piperazine rings is 1. The van der Waals surface area contributed by atoms with E-state index < -0.39 is 0 Å². The van der Waals surface area contributed by atoms with E-state index >= 15 is 0 Å². The molecule has 2 amide bonds. The van der Waals surface area contributed by atoms with Gasteiger partial charge in [0.2, 0.25) is 11.8 Å². The molecule has 2 aliphatic rings. The van der Waals surface area contributed by atoms with Crippen molar-refractivity contribution < 1.29 is 9.59 Å². The molecule has 7 heteroatoms. The predicted octanol–water partition coefficient (Wildman–Crippen LogP) is 2.02. The Kier molecular flexibility index (Phi) is 8.77. The zero-order chi connectivity index (χ0) is 20.5. The molecule has 2 saturated heterocycles. The summed E-state index contributed by atoms with van der Waals surface area (Å²) in [6, 6.07) is 7.73. The molecule has 1 aromatic carbocycles. The molecule has 1 N–H and O–H groups in total. The fourth-order valence-corrected chi connectivity index (χ4v) is 4.23. The zero-order valence-electron chi connectivity index (χ0n) is 17.2. The molecule has 6 nitrogen and oxygen atoms in total. The minimum atomic E-state index is 0.0566. The summed E-state index contributed by atoms with van der Waals surface area (Å²) < 4.78 is 0. The number of hydrogen-bond donors (Lipinski definition) is 1. The number of carbonyl (C=O) groups excluding carboxylic acids is 2. The van der Waals surface area contributed by atoms with E-state index in [1.54, 1.807) is 0 Å². The normalized spacial score (nSPS) is 19.0. The third kappa shape index (κ3) is 7.61. The van der Waals surface area contributed by atoms with Crippen molar-refractivity contribution >= 4 is 23.4 Å². The van der Waals surface area contributed by atoms with Crippen LogP contribution in [0.3, 0.4) is 0 Å². The third-order valence-corrected chi connectivity index (χ3v) is 6.01. The van der Waals surface area contributed by atoms with Crippen LogP contribution in [0.25, 0.3) is 0 Å². The molecule has 3 rings (SSSR count). The van der Waals surface area contributed by atoms with Crippen LogP contribution >= 0.6 is 11.6 Å². The SMILES string of the molecule is O=C(CN1CCN(CC(=O)N2CCCCCC2)CC1)NCCc1cccc(Cl)c1. The summed E-state index contributed by atoms with van der Waals surface area (Å²) >= 11 is 5.99. The number of likely N-dealkylation sites (tertiary alicyclic amines) is 1. The van der Waals surface area contributed by atoms with E-state index in [1.807, 2.05) is 29.2 Å². The first-order chi connectivity index (χ1) is 14.1. The van der Waals surface area contributed by atoms with Gasteiger partial charge in [0, 0.05) is 50.8 Å². The van der Waals surface area contributed by atoms with Crippen molar-refractivity contribution in [2.75, 3.05) is 58.9 Å². The van der Waals surface area contributed by atoms with Crippen molar-refractivity contribution in [3.05, 3.63) is 34.9 Å². The minimum absolute atomic E-state index is 0.0566. The Bertz CT molecular complexity index is 669. The number of hydrogen-bond acceptors (Lipinski definition) is 4. The molecular weight excluding hydrogens is 388 g/mol. The zero-order valence-corrected chi connectivity index (χ0v) is 18.0. The van der Waals surface area contributed by atoms with Gasteiger partial charge in [-0.25, -0.2) is 0 Å². The Morgan fingerprint density at radius 3 is 2.21 bits per heavy atom. The number of nitrogens with zero attached hydrogens (tertiary/aromatic N) is 3. The van der Waals surface area contributed by atoms with Gasteiger partial charge in [-0.15, -0.1) is 0 Å². The third-order valence-electron chi connectivity index (χ3n) is 5.77. The van der Waals surface area contributed by atoms with Crippen molar-refractivity contribution in [3.63, 3.8) is 0 Å². The Morgan fingerprint density at radius 2 is 1.55 bits per heavy atom. The maximum absolute atomic E-state index is 12.5. The van der Waals surface area contributed by atoms with Gasteiger partial charge in [0.05, 0.1) is 13.1 Å². The number of benzene rings is 1. The van der Waals surface area contributed by atoms with E-state index in [0.717, 1.165) is 69.1 Å². The molecule has 2 fully saturated rings. The lowest BCUT2D eigenvalue weighted by atomic mass is 10.1. The van der Waals surface area contributed by atoms with Crippen LogP contribution in [0.5, 0.6) is 0 Å². The molecule has 0 atom stereocenters. The molecule has 0 aliphatic carbocycles. The second-order valence-electron chi connectivity index (χ2n) is 8.08. The molecule has 160 valence electrons. The second-order valence-corrected chi connectivity index (χ2v) is 8.51. The topological polar surface area (TPSA) is 55.9 Å². The molecule has 0 aromatic heterocycles. The highest BCUT2D eigenvalue weighted by atomic mass is 35.5. The molecule has 0 saturated carbocycles. The van der Waals surface area contributed by atoms with Gasteiger partial charge in [-0.1, -0.05) is 36.6 Å². The smallest absolute Gasteiger partial charge is 0.236 e. The van der Waals surface area contributed by atoms with Crippen LogP contribution in [0, 0.1) is 0 Å². The first-order valence-corrected chi connectivity index (χ1v) is 11.2. The summed E-state index contributed by atoms with van der Waals surface area (Å²) in [5.74, 6) is 0.320. The van der Waals surface area contributed by atoms with Crippen LogP contribution in [0.2, 0.25) is 5.02 Å². The van der Waals surface area contributed by atoms with Gasteiger partial charge >= 0.3 is 0 Å². The number of rotatable bonds is 7. The van der Waals surface area contributed by atoms with E-state index in [4.69, 9.17) is 11.6 Å². The first-order valence-electron chi connectivity index (χ1n) is 10.8. The summed E-state index contributed by atoms with van der Waals surface area (Å²) in [4.78, 5) is 31.2. The summed E-state index contributed by atoms with van der Waals surface area (Å²) in [6.07, 6.45) is 5.52. The number of amides is 2. The highest BCUT2D eigenvalue weighted by molar-refractivity contribution is 6.30. The van der Waals surface area contributed by atoms with Crippen LogP contribution in [0.1, 0.15) is 31.2 Å². The Labute approximate surface area is 179 Å². The van der Waals surface area contributed by atoms with Crippen LogP contribution < -0.4 is 5.32 Å². The quantitative estimate of drug-likeness (QED) is 0.733. The van der Waals surface area contributed by atoms with Crippen molar-refractivity contribution in [1.82, 2.24) is 20.0 Å². The van der Waals surface area contributed by atoms with Gasteiger partial charge in [-0.3, -0.25) is 19.4 Å². The molecule has 0 bridgehead atoms. The van der Waals surface area contributed by atoms with E-state index in [-0.39, 0.29) is 11.8 Å². The van der Waals surface area contributed by atoms with Crippen molar-refractivity contribution in [3.8, 4) is 0 Å². The molecule has 0 unspecified atom stereocenters. The van der Waals surface area contributed by atoms with E-state index in [2.05, 4.69) is 15.1 Å². The summed E-state index contributed by atoms with van der Waals surface area (Å²) in [5, 5.41) is 3.72. The van der Waals surface area contributed by atoms with Crippen molar-refractivity contribution in [2.45, 2.75) is 32.1 Å². The molecule has 0 spiro atoms. The van der Waals surface area contributed by atoms with Gasteiger partial charge < -0.3 is 10.2 Å². The van der Waals surface area contributed by atoms with Gasteiger partial charge in [-0.2, -0.15) is 0 Å². The highest BCUT2D eigenvalue weighted by Crippen LogP contribution is 2.12. The number of halogens is 1. The second kappa shape index (κ2) is 11.5. The fourth-order valence-electron chi connectivity index (χ4n) is 4.01. The average molecular weight is 421 g/mol. The number of carbonyl (C=O) groups is 2. The van der Waals surface area contributed by atoms with Crippen LogP contribution in [0.15, 0.2) is 24.3 Å². The Balaban J connectivity index is 1.30. The molecule has 1 aromatic rings. The maximum atomic E-state index is 12.5. The molecule has 2 aliphatic heterocycles. The van der Waals surface area contributed by atoms with Gasteiger partial charge in [0.1, 0.15) is 0 Å². The standard InChI is InChI=1S/C22H33ClN4O2/c23-20-7-5-6-19(16-20)8-9-24-21(28)17-25-12-14-26(15-13-25)18-22(29)27-10-3-1-2-4-11-27/h5-7,16H,1-4,8-15,17-18H2,(H,24,28). The number of nitrogens with one attached hydrogen (secondary N) is 1. The largest absolute Gasteiger partial charge is 0.355 e. The summed E-state index contributed by atoms with van der Waals surface area (Å²) in [5.41, 5.74) is 1.13. The van der Waals surface area contributed by atoms with Crippen LogP contribution in [-0.4, -0.2) is 85.4 Å². The Hall–Kier alpha value is -1.63. The average Bonchev–Trinajstić information content (AvgIpc) is 2.99. The minimum Gasteiger partial charge on any atom is -0.355 e. The summed E-state index contributed by atoms with van der Waals surface area (Å²) in [7, 11) is 0. The lowest BCUT2D eigenvalue weighted by Gasteiger charge is -2.35. The highest BCUT2D eigenvalue weighted by Gasteiger charge is 2.23. The fraction of sp³-hybridized carbons (Fsp3) is 0.636. The van der Waals surface area contributed by atoms with Gasteiger partial charge in [0.15, 0.2) is 0 Å².